The van der Waals surface area contributed by atoms with E-state index in [9.17, 15) is 15.2 Å². The number of nitro groups is 1. The van der Waals surface area contributed by atoms with Crippen molar-refractivity contribution in [1.82, 2.24) is 5.32 Å². The molecule has 1 aromatic carbocycles. The monoisotopic (exact) mass is 286 g/mol. The van der Waals surface area contributed by atoms with Gasteiger partial charge in [0.2, 0.25) is 0 Å². The summed E-state index contributed by atoms with van der Waals surface area (Å²) in [4.78, 5) is 10.3. The van der Waals surface area contributed by atoms with Gasteiger partial charge in [0.25, 0.3) is 5.69 Å². The molecule has 0 atom stereocenters. The fraction of sp³-hybridized carbons (Fsp3) is 0.538. The molecule has 106 valence electrons. The summed E-state index contributed by atoms with van der Waals surface area (Å²) in [6, 6.07) is 4.67. The Balaban J connectivity index is 2.85. The molecular weight excluding hydrogens is 268 g/mol. The van der Waals surface area contributed by atoms with Gasteiger partial charge in [-0.15, -0.1) is 0 Å². The fourth-order valence-corrected chi connectivity index (χ4v) is 1.53. The Bertz CT molecular complexity index is 481. The van der Waals surface area contributed by atoms with E-state index >= 15 is 0 Å². The Morgan fingerprint density at radius 3 is 2.42 bits per heavy atom. The molecule has 6 heteroatoms. The van der Waals surface area contributed by atoms with Gasteiger partial charge < -0.3 is 10.4 Å². The van der Waals surface area contributed by atoms with Crippen molar-refractivity contribution in [3.63, 3.8) is 0 Å². The number of nitro benzene ring substituents is 1. The zero-order valence-electron chi connectivity index (χ0n) is 11.5. The molecule has 0 aliphatic heterocycles. The number of aliphatic hydroxyl groups is 1. The predicted molar refractivity (Wildman–Crippen MR) is 75.3 cm³/mol. The molecule has 0 saturated carbocycles. The molecule has 0 fully saturated rings. The molecule has 0 aromatic heterocycles. The highest BCUT2D eigenvalue weighted by Gasteiger charge is 2.34. The van der Waals surface area contributed by atoms with Crippen LogP contribution in [0.15, 0.2) is 18.2 Å². The topological polar surface area (TPSA) is 75.4 Å². The lowest BCUT2D eigenvalue weighted by atomic mass is 9.86. The van der Waals surface area contributed by atoms with E-state index in [-0.39, 0.29) is 10.7 Å². The van der Waals surface area contributed by atoms with Crippen LogP contribution in [0.25, 0.3) is 0 Å². The van der Waals surface area contributed by atoms with E-state index in [1.54, 1.807) is 19.9 Å². The van der Waals surface area contributed by atoms with Gasteiger partial charge in [0.15, 0.2) is 0 Å². The first-order valence-corrected chi connectivity index (χ1v) is 6.32. The van der Waals surface area contributed by atoms with E-state index in [0.29, 0.717) is 6.54 Å². The van der Waals surface area contributed by atoms with Crippen molar-refractivity contribution in [2.45, 2.75) is 45.4 Å². The fourth-order valence-electron chi connectivity index (χ4n) is 1.35. The van der Waals surface area contributed by atoms with E-state index in [4.69, 9.17) is 11.6 Å². The van der Waals surface area contributed by atoms with Gasteiger partial charge in [0.05, 0.1) is 10.5 Å². The van der Waals surface area contributed by atoms with E-state index in [2.05, 4.69) is 5.32 Å². The van der Waals surface area contributed by atoms with E-state index < -0.39 is 16.1 Å². The number of hydrogen-bond acceptors (Lipinski definition) is 4. The Morgan fingerprint density at radius 2 is 1.95 bits per heavy atom. The van der Waals surface area contributed by atoms with Crippen LogP contribution in [-0.2, 0) is 6.54 Å². The van der Waals surface area contributed by atoms with Gasteiger partial charge in [-0.2, -0.15) is 0 Å². The molecule has 0 saturated heterocycles. The average Bonchev–Trinajstić information content (AvgIpc) is 2.26. The number of hydrogen-bond donors (Lipinski definition) is 2. The van der Waals surface area contributed by atoms with Crippen LogP contribution in [-0.4, -0.2) is 21.2 Å². The van der Waals surface area contributed by atoms with Crippen molar-refractivity contribution >= 4 is 17.3 Å². The van der Waals surface area contributed by atoms with Gasteiger partial charge in [-0.1, -0.05) is 17.7 Å². The number of rotatable bonds is 5. The van der Waals surface area contributed by atoms with Gasteiger partial charge in [0.1, 0.15) is 5.02 Å². The second kappa shape index (κ2) is 5.45. The molecule has 19 heavy (non-hydrogen) atoms. The summed E-state index contributed by atoms with van der Waals surface area (Å²) in [6.07, 6.45) is 0. The van der Waals surface area contributed by atoms with Crippen LogP contribution in [0.1, 0.15) is 33.3 Å². The summed E-state index contributed by atoms with van der Waals surface area (Å²) in [5.74, 6) is 0. The standard InChI is InChI=1S/C13H19ClN2O3/c1-12(2,13(3,4)17)15-8-9-5-6-10(14)11(7-9)16(18)19/h5-7,15,17H,8H2,1-4H3. The van der Waals surface area contributed by atoms with Crippen molar-refractivity contribution in [1.29, 1.82) is 0 Å². The first kappa shape index (κ1) is 15.9. The molecule has 0 amide bonds. The summed E-state index contributed by atoms with van der Waals surface area (Å²) in [5.41, 5.74) is -0.803. The van der Waals surface area contributed by atoms with Crippen LogP contribution in [0.4, 0.5) is 5.69 Å². The number of nitrogens with one attached hydrogen (secondary N) is 1. The summed E-state index contributed by atoms with van der Waals surface area (Å²) < 4.78 is 0. The lowest BCUT2D eigenvalue weighted by molar-refractivity contribution is -0.384. The molecule has 1 rings (SSSR count). The third-order valence-corrected chi connectivity index (χ3v) is 3.79. The van der Waals surface area contributed by atoms with Crippen LogP contribution < -0.4 is 5.32 Å². The maximum absolute atomic E-state index is 10.8. The zero-order chi connectivity index (χ0) is 14.8. The minimum Gasteiger partial charge on any atom is -0.389 e. The van der Waals surface area contributed by atoms with E-state index in [1.165, 1.54) is 12.1 Å². The van der Waals surface area contributed by atoms with Crippen LogP contribution in [0.5, 0.6) is 0 Å². The van der Waals surface area contributed by atoms with Gasteiger partial charge in [-0.3, -0.25) is 10.1 Å². The maximum Gasteiger partial charge on any atom is 0.288 e. The smallest absolute Gasteiger partial charge is 0.288 e. The van der Waals surface area contributed by atoms with Gasteiger partial charge in [0, 0.05) is 18.2 Å². The quantitative estimate of drug-likeness (QED) is 0.645. The van der Waals surface area contributed by atoms with Gasteiger partial charge >= 0.3 is 0 Å². The third kappa shape index (κ3) is 3.89. The highest BCUT2D eigenvalue weighted by Crippen LogP contribution is 2.26. The summed E-state index contributed by atoms with van der Waals surface area (Å²) >= 11 is 5.75. The van der Waals surface area contributed by atoms with E-state index in [1.807, 2.05) is 13.8 Å². The molecule has 0 bridgehead atoms. The molecule has 5 nitrogen and oxygen atoms in total. The van der Waals surface area contributed by atoms with Crippen molar-refractivity contribution in [3.05, 3.63) is 38.9 Å². The van der Waals surface area contributed by atoms with Gasteiger partial charge in [-0.25, -0.2) is 0 Å². The van der Waals surface area contributed by atoms with E-state index in [0.717, 1.165) is 5.56 Å². The van der Waals surface area contributed by atoms with Crippen molar-refractivity contribution < 1.29 is 10.0 Å². The Hall–Kier alpha value is -1.17. The zero-order valence-corrected chi connectivity index (χ0v) is 12.3. The maximum atomic E-state index is 10.8. The first-order chi connectivity index (χ1) is 8.54. The average molecular weight is 287 g/mol. The lowest BCUT2D eigenvalue weighted by Gasteiger charge is -2.38. The van der Waals surface area contributed by atoms with Gasteiger partial charge in [-0.05, 0) is 39.3 Å². The normalized spacial score (nSPS) is 12.5. The Labute approximate surface area is 117 Å². The molecule has 0 radical (unpaired) electrons. The predicted octanol–water partition coefficient (Wildman–Crippen LogP) is 2.89. The van der Waals surface area contributed by atoms with Crippen LogP contribution in [0.2, 0.25) is 5.02 Å². The SMILES string of the molecule is CC(C)(O)C(C)(C)NCc1ccc(Cl)c([N+](=O)[O-])c1. The van der Waals surface area contributed by atoms with Crippen LogP contribution >= 0.6 is 11.6 Å². The molecule has 0 aliphatic carbocycles. The number of halogens is 1. The summed E-state index contributed by atoms with van der Waals surface area (Å²) in [5, 5.41) is 24.1. The molecule has 2 N–H and O–H groups in total. The number of nitrogens with zero attached hydrogens (tertiary/aromatic N) is 1. The molecule has 0 spiro atoms. The highest BCUT2D eigenvalue weighted by molar-refractivity contribution is 6.32. The number of benzene rings is 1. The molecular formula is C13H19ClN2O3. The molecule has 0 aliphatic rings. The summed E-state index contributed by atoms with van der Waals surface area (Å²) in [7, 11) is 0. The molecule has 0 unspecified atom stereocenters. The first-order valence-electron chi connectivity index (χ1n) is 5.95. The van der Waals surface area contributed by atoms with Crippen molar-refractivity contribution in [2.24, 2.45) is 0 Å². The largest absolute Gasteiger partial charge is 0.389 e. The summed E-state index contributed by atoms with van der Waals surface area (Å²) in [6.45, 7) is 7.58. The van der Waals surface area contributed by atoms with Crippen LogP contribution in [0, 0.1) is 10.1 Å². The van der Waals surface area contributed by atoms with Crippen molar-refractivity contribution in [2.75, 3.05) is 0 Å². The minimum absolute atomic E-state index is 0.109. The second-order valence-electron chi connectivity index (χ2n) is 5.58. The minimum atomic E-state index is -0.911. The van der Waals surface area contributed by atoms with Crippen LogP contribution in [0.3, 0.4) is 0 Å². The second-order valence-corrected chi connectivity index (χ2v) is 5.99. The Morgan fingerprint density at radius 1 is 1.37 bits per heavy atom. The van der Waals surface area contributed by atoms with Crippen molar-refractivity contribution in [3.8, 4) is 0 Å². The lowest BCUT2D eigenvalue weighted by Crippen LogP contribution is -2.55. The Kier molecular flexibility index (Phi) is 4.55. The molecule has 1 aromatic rings. The third-order valence-electron chi connectivity index (χ3n) is 3.47. The highest BCUT2D eigenvalue weighted by atomic mass is 35.5. The molecule has 0 heterocycles.